The fourth-order valence-electron chi connectivity index (χ4n) is 1.45. The highest BCUT2D eigenvalue weighted by atomic mass is 35.5. The monoisotopic (exact) mass is 307 g/mol. The minimum atomic E-state index is -4.61. The van der Waals surface area contributed by atoms with Crippen LogP contribution in [0.3, 0.4) is 0 Å². The van der Waals surface area contributed by atoms with E-state index < -0.39 is 17.8 Å². The van der Waals surface area contributed by atoms with Gasteiger partial charge in [0, 0.05) is 5.56 Å². The molecule has 0 amide bonds. The summed E-state index contributed by atoms with van der Waals surface area (Å²) in [5, 5.41) is 0.320. The van der Waals surface area contributed by atoms with Gasteiger partial charge in [0.05, 0.1) is 15.7 Å². The van der Waals surface area contributed by atoms with Gasteiger partial charge >= 0.3 is 6.18 Å². The maximum atomic E-state index is 12.6. The van der Waals surface area contributed by atoms with E-state index in [0.717, 1.165) is 6.07 Å². The molecule has 8 heteroatoms. The Bertz CT molecular complexity index is 629. The molecule has 0 unspecified atom stereocenters. The molecule has 0 saturated carbocycles. The van der Waals surface area contributed by atoms with Gasteiger partial charge in [-0.05, 0) is 12.1 Å². The van der Waals surface area contributed by atoms with Crippen LogP contribution in [0.25, 0.3) is 11.3 Å². The molecule has 0 aliphatic rings. The number of hydrogen-bond donors (Lipinski definition) is 1. The Morgan fingerprint density at radius 2 is 1.79 bits per heavy atom. The summed E-state index contributed by atoms with van der Waals surface area (Å²) in [6, 6.07) is 5.34. The smallest absolute Gasteiger partial charge is 0.368 e. The van der Waals surface area contributed by atoms with Crippen LogP contribution >= 0.6 is 23.2 Å². The Morgan fingerprint density at radius 1 is 1.11 bits per heavy atom. The van der Waals surface area contributed by atoms with Gasteiger partial charge < -0.3 is 5.73 Å². The summed E-state index contributed by atoms with van der Waals surface area (Å²) in [4.78, 5) is 6.89. The minimum absolute atomic E-state index is 0.0349. The Hall–Kier alpha value is -1.53. The van der Waals surface area contributed by atoms with Gasteiger partial charge in [-0.25, -0.2) is 9.97 Å². The van der Waals surface area contributed by atoms with Gasteiger partial charge in [0.25, 0.3) is 0 Å². The van der Waals surface area contributed by atoms with Crippen molar-refractivity contribution in [2.75, 3.05) is 5.73 Å². The van der Waals surface area contributed by atoms with Crippen molar-refractivity contribution in [3.05, 3.63) is 40.0 Å². The normalized spacial score (nSPS) is 11.6. The lowest BCUT2D eigenvalue weighted by molar-refractivity contribution is -0.141. The highest BCUT2D eigenvalue weighted by Gasteiger charge is 2.33. The molecule has 0 radical (unpaired) electrons. The molecule has 0 aliphatic carbocycles. The molecule has 0 atom stereocenters. The summed E-state index contributed by atoms with van der Waals surface area (Å²) in [6.07, 6.45) is -4.61. The van der Waals surface area contributed by atoms with Crippen molar-refractivity contribution in [1.29, 1.82) is 0 Å². The Kier molecular flexibility index (Phi) is 3.56. The summed E-state index contributed by atoms with van der Waals surface area (Å²) in [7, 11) is 0. The largest absolute Gasteiger partial charge is 0.433 e. The molecular formula is C11H6Cl2F3N3. The van der Waals surface area contributed by atoms with Crippen molar-refractivity contribution >= 4 is 29.2 Å². The molecule has 100 valence electrons. The molecule has 3 nitrogen and oxygen atoms in total. The Morgan fingerprint density at radius 3 is 2.42 bits per heavy atom. The van der Waals surface area contributed by atoms with Gasteiger partial charge in [-0.2, -0.15) is 13.2 Å². The van der Waals surface area contributed by atoms with E-state index in [4.69, 9.17) is 28.9 Å². The van der Waals surface area contributed by atoms with Gasteiger partial charge in [-0.1, -0.05) is 35.3 Å². The predicted molar refractivity (Wildman–Crippen MR) is 66.9 cm³/mol. The summed E-state index contributed by atoms with van der Waals surface area (Å²) >= 11 is 11.7. The van der Waals surface area contributed by atoms with Gasteiger partial charge in [-0.15, -0.1) is 0 Å². The average molecular weight is 308 g/mol. The number of nitrogen functional groups attached to an aromatic ring is 1. The van der Waals surface area contributed by atoms with Crippen LogP contribution in [0.4, 0.5) is 19.1 Å². The number of rotatable bonds is 1. The van der Waals surface area contributed by atoms with Gasteiger partial charge in [0.1, 0.15) is 0 Å². The number of hydrogen-bond acceptors (Lipinski definition) is 3. The number of alkyl halides is 3. The first-order valence-corrected chi connectivity index (χ1v) is 5.71. The molecule has 1 aromatic heterocycles. The zero-order valence-corrected chi connectivity index (χ0v) is 10.7. The first kappa shape index (κ1) is 13.9. The molecular weight excluding hydrogens is 302 g/mol. The third kappa shape index (κ3) is 2.90. The van der Waals surface area contributed by atoms with E-state index in [-0.39, 0.29) is 21.3 Å². The van der Waals surface area contributed by atoms with E-state index in [1.807, 2.05) is 0 Å². The molecule has 1 aromatic carbocycles. The highest BCUT2D eigenvalue weighted by molar-refractivity contribution is 6.43. The van der Waals surface area contributed by atoms with Crippen molar-refractivity contribution in [1.82, 2.24) is 9.97 Å². The number of anilines is 1. The number of benzene rings is 1. The second kappa shape index (κ2) is 4.86. The van der Waals surface area contributed by atoms with Crippen LogP contribution in [0, 0.1) is 0 Å². The molecule has 0 fully saturated rings. The minimum Gasteiger partial charge on any atom is -0.368 e. The molecule has 2 rings (SSSR count). The summed E-state index contributed by atoms with van der Waals surface area (Å²) in [5.41, 5.74) is 4.37. The Labute approximate surface area is 116 Å². The summed E-state index contributed by atoms with van der Waals surface area (Å²) < 4.78 is 37.9. The quantitative estimate of drug-likeness (QED) is 0.864. The fourth-order valence-corrected chi connectivity index (χ4v) is 1.85. The van der Waals surface area contributed by atoms with Crippen LogP contribution < -0.4 is 5.73 Å². The third-order valence-corrected chi connectivity index (χ3v) is 3.08. The first-order chi connectivity index (χ1) is 8.79. The van der Waals surface area contributed by atoms with Crippen molar-refractivity contribution in [3.8, 4) is 11.3 Å². The number of nitrogens with two attached hydrogens (primary N) is 1. The van der Waals surface area contributed by atoms with E-state index >= 15 is 0 Å². The van der Waals surface area contributed by atoms with Crippen LogP contribution in [-0.4, -0.2) is 9.97 Å². The molecule has 0 bridgehead atoms. The summed E-state index contributed by atoms with van der Waals surface area (Å²) in [6.45, 7) is 0. The number of halogens is 5. The zero-order chi connectivity index (χ0) is 14.2. The maximum Gasteiger partial charge on any atom is 0.433 e. The Balaban J connectivity index is 2.63. The van der Waals surface area contributed by atoms with E-state index in [0.29, 0.717) is 0 Å². The van der Waals surface area contributed by atoms with Crippen LogP contribution in [0.1, 0.15) is 5.69 Å². The average Bonchev–Trinajstić information content (AvgIpc) is 2.31. The number of aromatic nitrogens is 2. The maximum absolute atomic E-state index is 12.6. The molecule has 0 spiro atoms. The van der Waals surface area contributed by atoms with E-state index in [9.17, 15) is 13.2 Å². The molecule has 2 N–H and O–H groups in total. The predicted octanol–water partition coefficient (Wildman–Crippen LogP) is 4.05. The lowest BCUT2D eigenvalue weighted by Crippen LogP contribution is -2.11. The standard InChI is InChI=1S/C11H6Cl2F3N3/c12-6-3-1-2-5(9(6)13)7-4-8(11(14,15)16)19-10(17)18-7/h1-4H,(H2,17,18,19). The SMILES string of the molecule is Nc1nc(-c2cccc(Cl)c2Cl)cc(C(F)(F)F)n1. The molecule has 0 saturated heterocycles. The van der Waals surface area contributed by atoms with E-state index in [1.165, 1.54) is 12.1 Å². The second-order valence-electron chi connectivity index (χ2n) is 3.60. The lowest BCUT2D eigenvalue weighted by Gasteiger charge is -2.10. The van der Waals surface area contributed by atoms with Crippen molar-refractivity contribution in [2.24, 2.45) is 0 Å². The van der Waals surface area contributed by atoms with Crippen molar-refractivity contribution in [2.45, 2.75) is 6.18 Å². The number of nitrogens with zero attached hydrogens (tertiary/aromatic N) is 2. The van der Waals surface area contributed by atoms with E-state index in [2.05, 4.69) is 9.97 Å². The topological polar surface area (TPSA) is 51.8 Å². The molecule has 0 aliphatic heterocycles. The summed E-state index contributed by atoms with van der Waals surface area (Å²) in [5.74, 6) is -0.485. The van der Waals surface area contributed by atoms with Gasteiger partial charge in [0.15, 0.2) is 5.69 Å². The first-order valence-electron chi connectivity index (χ1n) is 4.95. The fraction of sp³-hybridized carbons (Fsp3) is 0.0909. The van der Waals surface area contributed by atoms with Crippen LogP contribution in [-0.2, 0) is 6.18 Å². The highest BCUT2D eigenvalue weighted by Crippen LogP contribution is 2.35. The van der Waals surface area contributed by atoms with Crippen LogP contribution in [0.5, 0.6) is 0 Å². The third-order valence-electron chi connectivity index (χ3n) is 2.26. The van der Waals surface area contributed by atoms with Gasteiger partial charge in [-0.3, -0.25) is 0 Å². The molecule has 2 aromatic rings. The van der Waals surface area contributed by atoms with Gasteiger partial charge in [0.2, 0.25) is 5.95 Å². The van der Waals surface area contributed by atoms with Crippen molar-refractivity contribution in [3.63, 3.8) is 0 Å². The second-order valence-corrected chi connectivity index (χ2v) is 4.38. The van der Waals surface area contributed by atoms with E-state index in [1.54, 1.807) is 6.07 Å². The van der Waals surface area contributed by atoms with Crippen molar-refractivity contribution < 1.29 is 13.2 Å². The molecule has 1 heterocycles. The molecule has 19 heavy (non-hydrogen) atoms. The zero-order valence-electron chi connectivity index (χ0n) is 9.17. The lowest BCUT2D eigenvalue weighted by atomic mass is 10.1. The van der Waals surface area contributed by atoms with Crippen LogP contribution in [0.15, 0.2) is 24.3 Å². The van der Waals surface area contributed by atoms with Crippen LogP contribution in [0.2, 0.25) is 10.0 Å².